The molecule has 0 aromatic carbocycles. The Labute approximate surface area is 166 Å². The second-order valence-electron chi connectivity index (χ2n) is 7.95. The van der Waals surface area contributed by atoms with Gasteiger partial charge in [0.1, 0.15) is 11.6 Å². The molecule has 0 unspecified atom stereocenters. The number of hydrogen-bond acceptors (Lipinski definition) is 5. The predicted octanol–water partition coefficient (Wildman–Crippen LogP) is 3.59. The average molecular weight is 380 g/mol. The Kier molecular flexibility index (Phi) is 5.74. The van der Waals surface area contributed by atoms with E-state index in [1.54, 1.807) is 0 Å². The van der Waals surface area contributed by atoms with Crippen molar-refractivity contribution < 1.29 is 4.79 Å². The molecule has 4 rings (SSSR count). The van der Waals surface area contributed by atoms with Crippen molar-refractivity contribution in [2.75, 3.05) is 23.3 Å². The number of carbonyl (C=O) groups is 1. The third-order valence-electron chi connectivity index (χ3n) is 5.97. The molecule has 1 aliphatic heterocycles. The summed E-state index contributed by atoms with van der Waals surface area (Å²) in [5.74, 6) is 1.70. The van der Waals surface area contributed by atoms with Gasteiger partial charge in [0.25, 0.3) is 0 Å². The van der Waals surface area contributed by atoms with Gasteiger partial charge < -0.3 is 16.0 Å². The second kappa shape index (κ2) is 8.59. The lowest BCUT2D eigenvalue weighted by molar-refractivity contribution is -0.122. The Bertz CT molecular complexity index is 810. The maximum Gasteiger partial charge on any atom is 0.220 e. The summed E-state index contributed by atoms with van der Waals surface area (Å²) in [4.78, 5) is 23.0. The molecular formula is C22H29N5O. The van der Waals surface area contributed by atoms with Crippen LogP contribution in [0.5, 0.6) is 0 Å². The zero-order chi connectivity index (χ0) is 19.3. The van der Waals surface area contributed by atoms with E-state index in [0.29, 0.717) is 6.04 Å². The molecule has 0 spiro atoms. The molecule has 6 heteroatoms. The number of aromatic nitrogens is 2. The third kappa shape index (κ3) is 4.43. The van der Waals surface area contributed by atoms with Crippen LogP contribution in [0.15, 0.2) is 36.5 Å². The van der Waals surface area contributed by atoms with E-state index in [-0.39, 0.29) is 11.8 Å². The van der Waals surface area contributed by atoms with Crippen LogP contribution in [0, 0.1) is 5.92 Å². The van der Waals surface area contributed by atoms with Gasteiger partial charge >= 0.3 is 0 Å². The minimum Gasteiger partial charge on any atom is -0.369 e. The molecule has 1 saturated heterocycles. The van der Waals surface area contributed by atoms with Crippen LogP contribution < -0.4 is 16.0 Å². The Morgan fingerprint density at radius 2 is 1.86 bits per heavy atom. The van der Waals surface area contributed by atoms with Gasteiger partial charge in [0.05, 0.1) is 5.69 Å². The van der Waals surface area contributed by atoms with Gasteiger partial charge in [0.2, 0.25) is 5.91 Å². The highest BCUT2D eigenvalue weighted by atomic mass is 16.1. The summed E-state index contributed by atoms with van der Waals surface area (Å²) in [6, 6.07) is 10.8. The molecule has 3 N–H and O–H groups in total. The Morgan fingerprint density at radius 3 is 2.61 bits per heavy atom. The second-order valence-corrected chi connectivity index (χ2v) is 7.95. The highest BCUT2D eigenvalue weighted by molar-refractivity contribution is 5.77. The predicted molar refractivity (Wildman–Crippen MR) is 112 cm³/mol. The lowest BCUT2D eigenvalue weighted by Crippen LogP contribution is -2.38. The molecule has 3 heterocycles. The molecular weight excluding hydrogens is 350 g/mol. The summed E-state index contributed by atoms with van der Waals surface area (Å²) in [5, 5.41) is 3.59. The van der Waals surface area contributed by atoms with Crippen molar-refractivity contribution in [3.05, 3.63) is 36.5 Å². The normalized spacial score (nSPS) is 18.8. The summed E-state index contributed by atoms with van der Waals surface area (Å²) in [7, 11) is 0. The number of anilines is 2. The van der Waals surface area contributed by atoms with Gasteiger partial charge in [-0.25, -0.2) is 9.97 Å². The van der Waals surface area contributed by atoms with Crippen molar-refractivity contribution in [3.63, 3.8) is 0 Å². The Morgan fingerprint density at radius 1 is 1.07 bits per heavy atom. The van der Waals surface area contributed by atoms with Crippen LogP contribution in [0.3, 0.4) is 0 Å². The molecule has 0 bridgehead atoms. The van der Waals surface area contributed by atoms with Crippen molar-refractivity contribution in [3.8, 4) is 11.3 Å². The lowest BCUT2D eigenvalue weighted by Gasteiger charge is -2.31. The topological polar surface area (TPSA) is 84.1 Å². The molecule has 28 heavy (non-hydrogen) atoms. The van der Waals surface area contributed by atoms with Gasteiger partial charge in [-0.3, -0.25) is 4.79 Å². The molecule has 6 nitrogen and oxygen atoms in total. The summed E-state index contributed by atoms with van der Waals surface area (Å²) in [6.45, 7) is 1.63. The smallest absolute Gasteiger partial charge is 0.220 e. The van der Waals surface area contributed by atoms with E-state index in [2.05, 4.69) is 21.3 Å². The number of hydrogen-bond donors (Lipinski definition) is 2. The molecule has 2 aliphatic rings. The van der Waals surface area contributed by atoms with Crippen LogP contribution in [0.25, 0.3) is 11.3 Å². The number of nitrogens with one attached hydrogen (secondary N) is 1. The molecule has 148 valence electrons. The minimum atomic E-state index is -0.184. The summed E-state index contributed by atoms with van der Waals surface area (Å²) < 4.78 is 0. The van der Waals surface area contributed by atoms with E-state index in [0.717, 1.165) is 48.8 Å². The largest absolute Gasteiger partial charge is 0.369 e. The maximum absolute atomic E-state index is 11.4. The van der Waals surface area contributed by atoms with Gasteiger partial charge in [0, 0.05) is 36.8 Å². The Hall–Kier alpha value is -2.63. The van der Waals surface area contributed by atoms with Crippen LogP contribution >= 0.6 is 0 Å². The third-order valence-corrected chi connectivity index (χ3v) is 5.97. The lowest BCUT2D eigenvalue weighted by atomic mass is 9.95. The zero-order valence-electron chi connectivity index (χ0n) is 16.3. The molecule has 0 radical (unpaired) electrons. The first-order valence-electron chi connectivity index (χ1n) is 10.4. The van der Waals surface area contributed by atoms with Crippen molar-refractivity contribution in [1.82, 2.24) is 9.97 Å². The summed E-state index contributed by atoms with van der Waals surface area (Å²) >= 11 is 0. The molecule has 1 amide bonds. The number of nitrogens with zero attached hydrogens (tertiary/aromatic N) is 3. The van der Waals surface area contributed by atoms with E-state index >= 15 is 0 Å². The highest BCUT2D eigenvalue weighted by Gasteiger charge is 2.24. The monoisotopic (exact) mass is 379 g/mol. The van der Waals surface area contributed by atoms with E-state index < -0.39 is 0 Å². The maximum atomic E-state index is 11.4. The van der Waals surface area contributed by atoms with Crippen LogP contribution in [0.4, 0.5) is 11.6 Å². The molecule has 2 fully saturated rings. The van der Waals surface area contributed by atoms with E-state index in [1.165, 1.54) is 32.1 Å². The van der Waals surface area contributed by atoms with Crippen LogP contribution in [0.2, 0.25) is 0 Å². The molecule has 2 aromatic heterocycles. The van der Waals surface area contributed by atoms with Crippen molar-refractivity contribution in [2.45, 2.75) is 51.0 Å². The standard InChI is InChI=1S/C22H29N5O/c23-22(28)16-10-13-27(14-11-16)21-8-4-7-19(26-21)17-9-12-24-20(15-17)25-18-5-2-1-3-6-18/h4,7-9,12,15-16,18H,1-3,5-6,10-11,13-14H2,(H2,23,28)(H,24,25). The van der Waals surface area contributed by atoms with E-state index in [4.69, 9.17) is 10.7 Å². The molecule has 2 aromatic rings. The van der Waals surface area contributed by atoms with Crippen molar-refractivity contribution >= 4 is 17.5 Å². The van der Waals surface area contributed by atoms with Crippen molar-refractivity contribution in [2.24, 2.45) is 11.7 Å². The van der Waals surface area contributed by atoms with Crippen molar-refractivity contribution in [1.29, 1.82) is 0 Å². The van der Waals surface area contributed by atoms with Gasteiger partial charge in [0.15, 0.2) is 0 Å². The number of nitrogens with two attached hydrogens (primary N) is 1. The first kappa shape index (κ1) is 18.7. The highest BCUT2D eigenvalue weighted by Crippen LogP contribution is 2.27. The first-order valence-corrected chi connectivity index (χ1v) is 10.4. The summed E-state index contributed by atoms with van der Waals surface area (Å²) in [5.41, 5.74) is 7.47. The van der Waals surface area contributed by atoms with Gasteiger partial charge in [-0.15, -0.1) is 0 Å². The number of rotatable bonds is 5. The molecule has 1 aliphatic carbocycles. The van der Waals surface area contributed by atoms with Crippen LogP contribution in [-0.4, -0.2) is 35.0 Å². The van der Waals surface area contributed by atoms with E-state index in [9.17, 15) is 4.79 Å². The van der Waals surface area contributed by atoms with E-state index in [1.807, 2.05) is 30.5 Å². The molecule has 0 atom stereocenters. The summed E-state index contributed by atoms with van der Waals surface area (Å²) in [6.07, 6.45) is 9.84. The fraction of sp³-hybridized carbons (Fsp3) is 0.500. The van der Waals surface area contributed by atoms with Gasteiger partial charge in [-0.1, -0.05) is 25.3 Å². The minimum absolute atomic E-state index is 0.00643. The van der Waals surface area contributed by atoms with Gasteiger partial charge in [-0.2, -0.15) is 0 Å². The number of piperidine rings is 1. The number of amides is 1. The average Bonchev–Trinajstić information content (AvgIpc) is 2.75. The SMILES string of the molecule is NC(=O)C1CCN(c2cccc(-c3ccnc(NC4CCCCC4)c3)n2)CC1. The van der Waals surface area contributed by atoms with Gasteiger partial charge in [-0.05, 0) is 49.9 Å². The quantitative estimate of drug-likeness (QED) is 0.829. The fourth-order valence-corrected chi connectivity index (χ4v) is 4.28. The first-order chi connectivity index (χ1) is 13.7. The number of carbonyl (C=O) groups excluding carboxylic acids is 1. The Balaban J connectivity index is 1.47. The molecule has 1 saturated carbocycles. The fourth-order valence-electron chi connectivity index (χ4n) is 4.28. The van der Waals surface area contributed by atoms with Crippen LogP contribution in [0.1, 0.15) is 44.9 Å². The van der Waals surface area contributed by atoms with Crippen LogP contribution in [-0.2, 0) is 4.79 Å². The number of primary amides is 1. The number of pyridine rings is 2. The zero-order valence-corrected chi connectivity index (χ0v) is 16.3.